The Hall–Kier alpha value is -1.55. The second-order valence-corrected chi connectivity index (χ2v) is 6.01. The maximum Gasteiger partial charge on any atom is 0.231 e. The Bertz CT molecular complexity index is 474. The zero-order valence-electron chi connectivity index (χ0n) is 12.4. The van der Waals surface area contributed by atoms with Crippen molar-refractivity contribution in [1.29, 1.82) is 0 Å². The van der Waals surface area contributed by atoms with E-state index in [1.165, 1.54) is 0 Å². The zero-order chi connectivity index (χ0) is 14.8. The van der Waals surface area contributed by atoms with E-state index in [0.29, 0.717) is 5.69 Å². The van der Waals surface area contributed by atoms with Gasteiger partial charge in [-0.25, -0.2) is 0 Å². The standard InChI is InChI=1S/C15H24N2O2/c1-6-10-7-8-12(18)11(9-10)17-13(19)14(2,3)15(4,5)16/h7-9,18H,6,16H2,1-5H3,(H,17,19). The topological polar surface area (TPSA) is 75.3 Å². The number of phenols is 1. The van der Waals surface area contributed by atoms with Gasteiger partial charge in [0.05, 0.1) is 11.1 Å². The normalized spacial score (nSPS) is 12.3. The molecular weight excluding hydrogens is 240 g/mol. The van der Waals surface area contributed by atoms with Crippen LogP contribution in [0.2, 0.25) is 0 Å². The van der Waals surface area contributed by atoms with Crippen molar-refractivity contribution in [2.75, 3.05) is 5.32 Å². The predicted molar refractivity (Wildman–Crippen MR) is 78.2 cm³/mol. The maximum absolute atomic E-state index is 12.3. The number of anilines is 1. The lowest BCUT2D eigenvalue weighted by molar-refractivity contribution is -0.126. The highest BCUT2D eigenvalue weighted by Gasteiger charge is 2.40. The largest absolute Gasteiger partial charge is 0.506 e. The van der Waals surface area contributed by atoms with E-state index in [-0.39, 0.29) is 11.7 Å². The summed E-state index contributed by atoms with van der Waals surface area (Å²) < 4.78 is 0. The van der Waals surface area contributed by atoms with E-state index < -0.39 is 11.0 Å². The van der Waals surface area contributed by atoms with E-state index in [2.05, 4.69) is 5.32 Å². The van der Waals surface area contributed by atoms with E-state index in [1.807, 2.05) is 26.8 Å². The summed E-state index contributed by atoms with van der Waals surface area (Å²) in [7, 11) is 0. The fraction of sp³-hybridized carbons (Fsp3) is 0.533. The first-order chi connectivity index (χ1) is 8.59. The molecule has 0 unspecified atom stereocenters. The lowest BCUT2D eigenvalue weighted by Crippen LogP contribution is -2.53. The highest BCUT2D eigenvalue weighted by molar-refractivity contribution is 5.97. The van der Waals surface area contributed by atoms with Crippen molar-refractivity contribution >= 4 is 11.6 Å². The Morgan fingerprint density at radius 3 is 2.37 bits per heavy atom. The van der Waals surface area contributed by atoms with Crippen LogP contribution in [0.4, 0.5) is 5.69 Å². The molecule has 106 valence electrons. The van der Waals surface area contributed by atoms with Crippen molar-refractivity contribution in [2.45, 2.75) is 46.6 Å². The third-order valence-corrected chi connectivity index (χ3v) is 3.90. The van der Waals surface area contributed by atoms with Gasteiger partial charge in [0.25, 0.3) is 0 Å². The number of hydrogen-bond acceptors (Lipinski definition) is 3. The van der Waals surface area contributed by atoms with Gasteiger partial charge >= 0.3 is 0 Å². The van der Waals surface area contributed by atoms with Gasteiger partial charge in [0.15, 0.2) is 0 Å². The van der Waals surface area contributed by atoms with Crippen LogP contribution in [0.1, 0.15) is 40.2 Å². The van der Waals surface area contributed by atoms with Gasteiger partial charge in [-0.05, 0) is 51.8 Å². The summed E-state index contributed by atoms with van der Waals surface area (Å²) in [5.74, 6) is -0.139. The third kappa shape index (κ3) is 3.26. The smallest absolute Gasteiger partial charge is 0.231 e. The highest BCUT2D eigenvalue weighted by atomic mass is 16.3. The van der Waals surface area contributed by atoms with Gasteiger partial charge in [-0.15, -0.1) is 0 Å². The number of phenolic OH excluding ortho intramolecular Hbond substituents is 1. The van der Waals surface area contributed by atoms with Crippen LogP contribution in [0.5, 0.6) is 5.75 Å². The minimum Gasteiger partial charge on any atom is -0.506 e. The molecule has 0 saturated heterocycles. The van der Waals surface area contributed by atoms with Crippen LogP contribution >= 0.6 is 0 Å². The van der Waals surface area contributed by atoms with Crippen molar-refractivity contribution < 1.29 is 9.90 Å². The average Bonchev–Trinajstić information content (AvgIpc) is 2.30. The van der Waals surface area contributed by atoms with Crippen LogP contribution < -0.4 is 11.1 Å². The fourth-order valence-corrected chi connectivity index (χ4v) is 1.47. The molecule has 0 fully saturated rings. The molecule has 0 radical (unpaired) electrons. The van der Waals surface area contributed by atoms with Crippen LogP contribution in [-0.2, 0) is 11.2 Å². The molecule has 1 rings (SSSR count). The number of carbonyl (C=O) groups excluding carboxylic acids is 1. The van der Waals surface area contributed by atoms with E-state index in [0.717, 1.165) is 12.0 Å². The Morgan fingerprint density at radius 1 is 1.32 bits per heavy atom. The van der Waals surface area contributed by atoms with Crippen molar-refractivity contribution in [3.05, 3.63) is 23.8 Å². The second-order valence-electron chi connectivity index (χ2n) is 6.01. The number of hydrogen-bond donors (Lipinski definition) is 3. The molecule has 4 heteroatoms. The molecule has 0 bridgehead atoms. The molecule has 4 nitrogen and oxygen atoms in total. The summed E-state index contributed by atoms with van der Waals surface area (Å²) in [5.41, 5.74) is 6.12. The molecule has 0 aliphatic heterocycles. The highest BCUT2D eigenvalue weighted by Crippen LogP contribution is 2.32. The molecule has 1 aromatic carbocycles. The summed E-state index contributed by atoms with van der Waals surface area (Å²) in [6, 6.07) is 5.21. The first-order valence-electron chi connectivity index (χ1n) is 6.52. The Morgan fingerprint density at radius 2 is 1.89 bits per heavy atom. The monoisotopic (exact) mass is 264 g/mol. The summed E-state index contributed by atoms with van der Waals surface area (Å²) in [5, 5.41) is 12.6. The minimum absolute atomic E-state index is 0.0659. The zero-order valence-corrected chi connectivity index (χ0v) is 12.4. The summed E-state index contributed by atoms with van der Waals surface area (Å²) in [6.07, 6.45) is 0.842. The van der Waals surface area contributed by atoms with E-state index in [4.69, 9.17) is 5.73 Å². The van der Waals surface area contributed by atoms with Gasteiger partial charge in [0.1, 0.15) is 5.75 Å². The SMILES string of the molecule is CCc1ccc(O)c(NC(=O)C(C)(C)C(C)(C)N)c1. The van der Waals surface area contributed by atoms with Crippen molar-refractivity contribution in [2.24, 2.45) is 11.1 Å². The van der Waals surface area contributed by atoms with Crippen molar-refractivity contribution in [3.63, 3.8) is 0 Å². The summed E-state index contributed by atoms with van der Waals surface area (Å²) in [4.78, 5) is 12.3. The molecule has 4 N–H and O–H groups in total. The van der Waals surface area contributed by atoms with Gasteiger partial charge in [-0.1, -0.05) is 13.0 Å². The number of carbonyl (C=O) groups is 1. The summed E-state index contributed by atoms with van der Waals surface area (Å²) >= 11 is 0. The van der Waals surface area contributed by atoms with Crippen molar-refractivity contribution in [1.82, 2.24) is 0 Å². The van der Waals surface area contributed by atoms with Crippen LogP contribution in [0.3, 0.4) is 0 Å². The van der Waals surface area contributed by atoms with Crippen LogP contribution in [0, 0.1) is 5.41 Å². The minimum atomic E-state index is -0.748. The molecule has 0 aliphatic carbocycles. The predicted octanol–water partition coefficient (Wildman–Crippen LogP) is 2.66. The van der Waals surface area contributed by atoms with Gasteiger partial charge in [-0.2, -0.15) is 0 Å². The molecule has 1 aromatic rings. The van der Waals surface area contributed by atoms with Gasteiger partial charge in [0.2, 0.25) is 5.91 Å². The molecule has 0 saturated carbocycles. The molecular formula is C15H24N2O2. The molecule has 0 aromatic heterocycles. The number of nitrogens with one attached hydrogen (secondary N) is 1. The number of aryl methyl sites for hydroxylation is 1. The lowest BCUT2D eigenvalue weighted by atomic mass is 9.74. The molecule has 19 heavy (non-hydrogen) atoms. The van der Waals surface area contributed by atoms with Gasteiger partial charge in [0, 0.05) is 5.54 Å². The van der Waals surface area contributed by atoms with Crippen LogP contribution in [0.25, 0.3) is 0 Å². The molecule has 0 aliphatic rings. The lowest BCUT2D eigenvalue weighted by Gasteiger charge is -2.36. The number of benzene rings is 1. The summed E-state index contributed by atoms with van der Waals surface area (Å²) in [6.45, 7) is 9.24. The number of rotatable bonds is 4. The van der Waals surface area contributed by atoms with Crippen LogP contribution in [-0.4, -0.2) is 16.6 Å². The fourth-order valence-electron chi connectivity index (χ4n) is 1.47. The molecule has 0 spiro atoms. The van der Waals surface area contributed by atoms with E-state index in [9.17, 15) is 9.90 Å². The average molecular weight is 264 g/mol. The maximum atomic E-state index is 12.3. The quantitative estimate of drug-likeness (QED) is 0.732. The third-order valence-electron chi connectivity index (χ3n) is 3.90. The van der Waals surface area contributed by atoms with Gasteiger partial charge < -0.3 is 16.2 Å². The second kappa shape index (κ2) is 5.21. The number of nitrogens with two attached hydrogens (primary N) is 1. The molecule has 0 atom stereocenters. The Kier molecular flexibility index (Phi) is 4.25. The van der Waals surface area contributed by atoms with Crippen molar-refractivity contribution in [3.8, 4) is 5.75 Å². The Balaban J connectivity index is 3.00. The molecule has 0 heterocycles. The number of aromatic hydroxyl groups is 1. The first kappa shape index (κ1) is 15.5. The van der Waals surface area contributed by atoms with E-state index in [1.54, 1.807) is 26.0 Å². The number of amides is 1. The van der Waals surface area contributed by atoms with E-state index >= 15 is 0 Å². The van der Waals surface area contributed by atoms with Crippen LogP contribution in [0.15, 0.2) is 18.2 Å². The molecule has 1 amide bonds. The first-order valence-corrected chi connectivity index (χ1v) is 6.52. The van der Waals surface area contributed by atoms with Gasteiger partial charge in [-0.3, -0.25) is 4.79 Å². The Labute approximate surface area is 115 Å².